The number of hydrogen-bond donors (Lipinski definition) is 1. The van der Waals surface area contributed by atoms with Gasteiger partial charge in [-0.05, 0) is 45.8 Å². The fourth-order valence-electron chi connectivity index (χ4n) is 4.66. The standard InChI is InChI=1S/C20H28N6O3/c1-15-13-16(23-29-15)18(27)26-10-3-5-20(6-11-24(2)14-17(20)26)19(28)21-8-12-25-9-4-7-22-25/h4,7,9,13,17H,3,5-6,8,10-12,14H2,1-2H3,(H,21,28)/t17-,20+/m0/s1. The van der Waals surface area contributed by atoms with Crippen molar-refractivity contribution in [1.82, 2.24) is 30.1 Å². The highest BCUT2D eigenvalue weighted by molar-refractivity contribution is 5.94. The summed E-state index contributed by atoms with van der Waals surface area (Å²) in [6.07, 6.45) is 5.94. The summed E-state index contributed by atoms with van der Waals surface area (Å²) in [6, 6.07) is 3.35. The van der Waals surface area contributed by atoms with Gasteiger partial charge in [-0.25, -0.2) is 0 Å². The molecule has 156 valence electrons. The molecule has 29 heavy (non-hydrogen) atoms. The summed E-state index contributed by atoms with van der Waals surface area (Å²) in [7, 11) is 2.04. The zero-order valence-electron chi connectivity index (χ0n) is 17.0. The molecule has 0 bridgehead atoms. The monoisotopic (exact) mass is 400 g/mol. The third-order valence-electron chi connectivity index (χ3n) is 6.21. The first-order valence-electron chi connectivity index (χ1n) is 10.2. The SMILES string of the molecule is Cc1cc(C(=O)N2CCC[C@@]3(C(=O)NCCn4cccn4)CCN(C)C[C@H]23)no1. The molecule has 2 aliphatic heterocycles. The molecule has 1 N–H and O–H groups in total. The number of carbonyl (C=O) groups excluding carboxylic acids is 2. The van der Waals surface area contributed by atoms with E-state index in [4.69, 9.17) is 4.52 Å². The third kappa shape index (κ3) is 3.78. The Kier molecular flexibility index (Phi) is 5.40. The second-order valence-electron chi connectivity index (χ2n) is 8.13. The van der Waals surface area contributed by atoms with E-state index in [9.17, 15) is 9.59 Å². The second-order valence-corrected chi connectivity index (χ2v) is 8.13. The number of piperidine rings is 2. The molecule has 0 aliphatic carbocycles. The molecule has 0 saturated carbocycles. The van der Waals surface area contributed by atoms with Crippen LogP contribution in [0.15, 0.2) is 29.0 Å². The van der Waals surface area contributed by atoms with E-state index >= 15 is 0 Å². The minimum absolute atomic E-state index is 0.0385. The second kappa shape index (κ2) is 7.98. The van der Waals surface area contributed by atoms with Gasteiger partial charge in [0.15, 0.2) is 5.69 Å². The van der Waals surface area contributed by atoms with Gasteiger partial charge in [0, 0.05) is 38.1 Å². The van der Waals surface area contributed by atoms with Gasteiger partial charge < -0.3 is 19.6 Å². The van der Waals surface area contributed by atoms with Crippen LogP contribution in [-0.4, -0.2) is 75.8 Å². The van der Waals surface area contributed by atoms with Crippen LogP contribution in [0.4, 0.5) is 0 Å². The summed E-state index contributed by atoms with van der Waals surface area (Å²) >= 11 is 0. The average Bonchev–Trinajstić information content (AvgIpc) is 3.38. The number of carbonyl (C=O) groups is 2. The van der Waals surface area contributed by atoms with E-state index in [1.54, 1.807) is 23.9 Å². The molecule has 2 aromatic rings. The van der Waals surface area contributed by atoms with Gasteiger partial charge >= 0.3 is 0 Å². The molecule has 0 radical (unpaired) electrons. The molecule has 0 unspecified atom stereocenters. The Labute approximate surface area is 170 Å². The Bertz CT molecular complexity index is 863. The zero-order chi connectivity index (χ0) is 20.4. The molecular weight excluding hydrogens is 372 g/mol. The molecule has 4 rings (SSSR count). The molecular formula is C20H28N6O3. The molecule has 0 aromatic carbocycles. The Morgan fingerprint density at radius 1 is 1.34 bits per heavy atom. The number of likely N-dealkylation sites (N-methyl/N-ethyl adjacent to an activating group) is 1. The molecule has 0 spiro atoms. The van der Waals surface area contributed by atoms with E-state index in [0.717, 1.165) is 25.8 Å². The molecule has 9 nitrogen and oxygen atoms in total. The number of nitrogens with zero attached hydrogens (tertiary/aromatic N) is 5. The average molecular weight is 400 g/mol. The van der Waals surface area contributed by atoms with E-state index in [0.29, 0.717) is 37.6 Å². The lowest BCUT2D eigenvalue weighted by Crippen LogP contribution is -2.66. The first-order chi connectivity index (χ1) is 14.0. The number of fused-ring (bicyclic) bond motifs is 1. The number of aromatic nitrogens is 3. The molecule has 2 aliphatic rings. The molecule has 2 atom stereocenters. The first-order valence-corrected chi connectivity index (χ1v) is 10.2. The predicted octanol–water partition coefficient (Wildman–Crippen LogP) is 0.922. The predicted molar refractivity (Wildman–Crippen MR) is 105 cm³/mol. The summed E-state index contributed by atoms with van der Waals surface area (Å²) in [6.45, 7) is 5.06. The van der Waals surface area contributed by atoms with Crippen molar-refractivity contribution in [3.05, 3.63) is 36.0 Å². The number of aryl methyl sites for hydroxylation is 1. The summed E-state index contributed by atoms with van der Waals surface area (Å²) < 4.78 is 6.90. The topological polar surface area (TPSA) is 96.5 Å². The van der Waals surface area contributed by atoms with Gasteiger partial charge in [-0.15, -0.1) is 0 Å². The minimum atomic E-state index is -0.566. The Balaban J connectivity index is 1.52. The van der Waals surface area contributed by atoms with Crippen LogP contribution in [0, 0.1) is 12.3 Å². The van der Waals surface area contributed by atoms with Gasteiger partial charge in [0.05, 0.1) is 18.0 Å². The van der Waals surface area contributed by atoms with Gasteiger partial charge in [0.25, 0.3) is 5.91 Å². The molecule has 2 aromatic heterocycles. The minimum Gasteiger partial charge on any atom is -0.361 e. The fourth-order valence-corrected chi connectivity index (χ4v) is 4.66. The molecule has 2 amide bonds. The summed E-state index contributed by atoms with van der Waals surface area (Å²) in [5.41, 5.74) is -0.255. The maximum absolute atomic E-state index is 13.4. The maximum atomic E-state index is 13.4. The smallest absolute Gasteiger partial charge is 0.276 e. The molecule has 4 heterocycles. The van der Waals surface area contributed by atoms with Gasteiger partial charge in [-0.2, -0.15) is 5.10 Å². The Morgan fingerprint density at radius 2 is 2.21 bits per heavy atom. The van der Waals surface area contributed by atoms with Crippen molar-refractivity contribution in [2.24, 2.45) is 5.41 Å². The van der Waals surface area contributed by atoms with Crippen molar-refractivity contribution in [2.75, 3.05) is 33.2 Å². The quantitative estimate of drug-likeness (QED) is 0.802. The number of amides is 2. The van der Waals surface area contributed by atoms with Crippen molar-refractivity contribution < 1.29 is 14.1 Å². The highest BCUT2D eigenvalue weighted by Crippen LogP contribution is 2.43. The van der Waals surface area contributed by atoms with E-state index in [1.807, 2.05) is 24.2 Å². The number of hydrogen-bond acceptors (Lipinski definition) is 6. The van der Waals surface area contributed by atoms with Gasteiger partial charge in [0.1, 0.15) is 5.76 Å². The zero-order valence-corrected chi connectivity index (χ0v) is 17.0. The number of rotatable bonds is 5. The van der Waals surface area contributed by atoms with Crippen molar-refractivity contribution in [3.8, 4) is 0 Å². The number of nitrogens with one attached hydrogen (secondary N) is 1. The van der Waals surface area contributed by atoms with Crippen LogP contribution in [0.2, 0.25) is 0 Å². The van der Waals surface area contributed by atoms with Crippen molar-refractivity contribution in [2.45, 2.75) is 38.8 Å². The number of likely N-dealkylation sites (tertiary alicyclic amines) is 2. The fraction of sp³-hybridized carbons (Fsp3) is 0.600. The van der Waals surface area contributed by atoms with Crippen molar-refractivity contribution >= 4 is 11.8 Å². The molecule has 2 saturated heterocycles. The van der Waals surface area contributed by atoms with Crippen LogP contribution in [0.1, 0.15) is 35.5 Å². The van der Waals surface area contributed by atoms with E-state index in [2.05, 4.69) is 20.5 Å². The largest absolute Gasteiger partial charge is 0.361 e. The van der Waals surface area contributed by atoms with Crippen LogP contribution in [0.25, 0.3) is 0 Å². The van der Waals surface area contributed by atoms with Crippen LogP contribution in [0.5, 0.6) is 0 Å². The highest BCUT2D eigenvalue weighted by atomic mass is 16.5. The lowest BCUT2D eigenvalue weighted by Gasteiger charge is -2.53. The van der Waals surface area contributed by atoms with Crippen LogP contribution in [0.3, 0.4) is 0 Å². The van der Waals surface area contributed by atoms with Crippen LogP contribution in [-0.2, 0) is 11.3 Å². The van der Waals surface area contributed by atoms with Gasteiger partial charge in [-0.3, -0.25) is 14.3 Å². The van der Waals surface area contributed by atoms with Crippen molar-refractivity contribution in [3.63, 3.8) is 0 Å². The van der Waals surface area contributed by atoms with Gasteiger partial charge in [-0.1, -0.05) is 5.16 Å². The highest BCUT2D eigenvalue weighted by Gasteiger charge is 2.53. The lowest BCUT2D eigenvalue weighted by atomic mass is 9.67. The summed E-state index contributed by atoms with van der Waals surface area (Å²) in [4.78, 5) is 30.5. The van der Waals surface area contributed by atoms with Crippen LogP contribution >= 0.6 is 0 Å². The van der Waals surface area contributed by atoms with E-state index < -0.39 is 5.41 Å². The summed E-state index contributed by atoms with van der Waals surface area (Å²) in [5.74, 6) is 0.487. The maximum Gasteiger partial charge on any atom is 0.276 e. The Hall–Kier alpha value is -2.68. The molecule has 9 heteroatoms. The van der Waals surface area contributed by atoms with Crippen molar-refractivity contribution in [1.29, 1.82) is 0 Å². The van der Waals surface area contributed by atoms with E-state index in [-0.39, 0.29) is 17.9 Å². The Morgan fingerprint density at radius 3 is 2.93 bits per heavy atom. The third-order valence-corrected chi connectivity index (χ3v) is 6.21. The first kappa shape index (κ1) is 19.6. The molecule has 2 fully saturated rings. The van der Waals surface area contributed by atoms with Crippen LogP contribution < -0.4 is 5.32 Å². The lowest BCUT2D eigenvalue weighted by molar-refractivity contribution is -0.142. The van der Waals surface area contributed by atoms with Gasteiger partial charge in [0.2, 0.25) is 5.91 Å². The summed E-state index contributed by atoms with van der Waals surface area (Å²) in [5, 5.41) is 11.2. The van der Waals surface area contributed by atoms with E-state index in [1.165, 1.54) is 0 Å². The normalized spacial score (nSPS) is 24.9.